The normalized spacial score (nSPS) is 24.0. The molecule has 4 aliphatic heterocycles. The molecule has 43 heavy (non-hydrogen) atoms. The fraction of sp³-hybridized carbons (Fsp3) is 0.162. The van der Waals surface area contributed by atoms with E-state index in [1.807, 2.05) is 36.5 Å². The summed E-state index contributed by atoms with van der Waals surface area (Å²) >= 11 is 0. The molecule has 0 bridgehead atoms. The predicted molar refractivity (Wildman–Crippen MR) is 168 cm³/mol. The minimum atomic E-state index is -0.335. The number of hydrogen-bond donors (Lipinski definition) is 2. The van der Waals surface area contributed by atoms with Gasteiger partial charge in [0.2, 0.25) is 0 Å². The largest absolute Gasteiger partial charge is 0.460 e. The van der Waals surface area contributed by atoms with Gasteiger partial charge < -0.3 is 10.1 Å². The number of benzene rings is 4. The van der Waals surface area contributed by atoms with Crippen molar-refractivity contribution in [3.63, 3.8) is 0 Å². The lowest BCUT2D eigenvalue weighted by molar-refractivity contribution is 0.277. The topological polar surface area (TPSA) is 72.8 Å². The van der Waals surface area contributed by atoms with Crippen molar-refractivity contribution < 1.29 is 4.74 Å². The molecule has 0 amide bonds. The minimum Gasteiger partial charge on any atom is -0.460 e. The summed E-state index contributed by atoms with van der Waals surface area (Å²) < 4.78 is 6.65. The van der Waals surface area contributed by atoms with Crippen LogP contribution in [0.25, 0.3) is 22.3 Å². The van der Waals surface area contributed by atoms with Crippen molar-refractivity contribution in [3.05, 3.63) is 154 Å². The molecule has 208 valence electrons. The Labute approximate surface area is 250 Å². The maximum Gasteiger partial charge on any atom is 0.176 e. The summed E-state index contributed by atoms with van der Waals surface area (Å²) in [6.07, 6.45) is 4.13. The Morgan fingerprint density at radius 2 is 1.67 bits per heavy atom. The van der Waals surface area contributed by atoms with Crippen LogP contribution < -0.4 is 5.32 Å². The molecule has 1 spiro atoms. The van der Waals surface area contributed by atoms with Gasteiger partial charge in [0.05, 0.1) is 18.0 Å². The molecule has 4 heterocycles. The molecule has 4 aromatic rings. The highest BCUT2D eigenvalue weighted by atomic mass is 16.5. The van der Waals surface area contributed by atoms with Gasteiger partial charge in [-0.25, -0.2) is 5.53 Å². The molecule has 6 heteroatoms. The van der Waals surface area contributed by atoms with Crippen LogP contribution in [0.2, 0.25) is 0 Å². The van der Waals surface area contributed by atoms with Crippen LogP contribution in [0.5, 0.6) is 0 Å². The number of fused-ring (bicyclic) bond motifs is 9. The van der Waals surface area contributed by atoms with Gasteiger partial charge in [0.1, 0.15) is 11.5 Å². The van der Waals surface area contributed by atoms with Gasteiger partial charge in [-0.05, 0) is 51.1 Å². The Hall–Kier alpha value is -5.07. The Morgan fingerprint density at radius 3 is 2.53 bits per heavy atom. The van der Waals surface area contributed by atoms with E-state index in [4.69, 9.17) is 10.3 Å². The SMILES string of the molecule is N=NC(=NCc1ccc(-c2ccc3c(c2)C2(C4=C(C=CNC4)OC4=C2CN2CC42)c2ccccc2-3)cc1)c1ccccc1. The number of ether oxygens (including phenoxy) is 1. The summed E-state index contributed by atoms with van der Waals surface area (Å²) in [4.78, 5) is 7.13. The molecule has 5 aliphatic rings. The van der Waals surface area contributed by atoms with Gasteiger partial charge in [0, 0.05) is 42.5 Å². The number of nitrogens with one attached hydrogen (secondary N) is 2. The molecular formula is C37H29N5O. The second kappa shape index (κ2) is 9.21. The van der Waals surface area contributed by atoms with Gasteiger partial charge in [-0.15, -0.1) is 5.11 Å². The second-order valence-corrected chi connectivity index (χ2v) is 11.8. The van der Waals surface area contributed by atoms with Crippen LogP contribution in [0.15, 0.2) is 142 Å². The molecule has 1 aliphatic carbocycles. The van der Waals surface area contributed by atoms with Crippen molar-refractivity contribution in [1.29, 1.82) is 5.53 Å². The zero-order valence-electron chi connectivity index (χ0n) is 23.5. The molecule has 6 nitrogen and oxygen atoms in total. The van der Waals surface area contributed by atoms with Gasteiger partial charge >= 0.3 is 0 Å². The maximum atomic E-state index is 7.59. The first kappa shape index (κ1) is 24.5. The Balaban J connectivity index is 1.13. The number of dihydropyridines is 1. The lowest BCUT2D eigenvalue weighted by atomic mass is 9.64. The Bertz CT molecular complexity index is 1950. The van der Waals surface area contributed by atoms with Crippen molar-refractivity contribution >= 4 is 5.84 Å². The number of amidine groups is 1. The van der Waals surface area contributed by atoms with Crippen LogP contribution in [-0.4, -0.2) is 36.4 Å². The third kappa shape index (κ3) is 3.53. The van der Waals surface area contributed by atoms with E-state index in [9.17, 15) is 0 Å². The average Bonchev–Trinajstić information content (AvgIpc) is 3.67. The third-order valence-electron chi connectivity index (χ3n) is 9.61. The highest BCUT2D eigenvalue weighted by Gasteiger charge is 2.60. The van der Waals surface area contributed by atoms with Gasteiger partial charge in [0.25, 0.3) is 0 Å². The highest BCUT2D eigenvalue weighted by molar-refractivity contribution is 5.98. The van der Waals surface area contributed by atoms with Crippen molar-refractivity contribution in [2.45, 2.75) is 18.0 Å². The predicted octanol–water partition coefficient (Wildman–Crippen LogP) is 6.95. The summed E-state index contributed by atoms with van der Waals surface area (Å²) in [7, 11) is 0. The number of rotatable bonds is 4. The first-order chi connectivity index (χ1) is 21.3. The minimum absolute atomic E-state index is 0.335. The van der Waals surface area contributed by atoms with E-state index < -0.39 is 0 Å². The Kier molecular flexibility index (Phi) is 5.25. The lowest BCUT2D eigenvalue weighted by Crippen LogP contribution is -2.41. The van der Waals surface area contributed by atoms with Crippen LogP contribution in [0.3, 0.4) is 0 Å². The average molecular weight is 560 g/mol. The van der Waals surface area contributed by atoms with E-state index in [1.54, 1.807) is 0 Å². The van der Waals surface area contributed by atoms with Gasteiger partial charge in [-0.1, -0.05) is 91.0 Å². The monoisotopic (exact) mass is 559 g/mol. The van der Waals surface area contributed by atoms with Crippen LogP contribution in [0, 0.1) is 5.53 Å². The van der Waals surface area contributed by atoms with Gasteiger partial charge in [0.15, 0.2) is 5.84 Å². The fourth-order valence-corrected chi connectivity index (χ4v) is 7.57. The van der Waals surface area contributed by atoms with E-state index in [0.717, 1.165) is 42.3 Å². The molecule has 1 saturated heterocycles. The van der Waals surface area contributed by atoms with E-state index in [1.165, 1.54) is 44.5 Å². The summed E-state index contributed by atoms with van der Waals surface area (Å²) in [5.41, 5.74) is 19.6. The van der Waals surface area contributed by atoms with E-state index in [-0.39, 0.29) is 5.41 Å². The van der Waals surface area contributed by atoms with E-state index in [2.05, 4.69) is 93.1 Å². The molecule has 3 unspecified atom stereocenters. The zero-order chi connectivity index (χ0) is 28.5. The molecular weight excluding hydrogens is 530 g/mol. The molecule has 0 saturated carbocycles. The molecule has 0 aromatic heterocycles. The zero-order valence-corrected chi connectivity index (χ0v) is 23.5. The summed E-state index contributed by atoms with van der Waals surface area (Å²) in [5.74, 6) is 2.61. The molecule has 1 fully saturated rings. The van der Waals surface area contributed by atoms with Crippen molar-refractivity contribution in [3.8, 4) is 22.3 Å². The standard InChI is InChI=1S/C37H29N5O/c38-41-36(25-6-2-1-3-7-25)40-19-23-10-12-24(13-11-23)26-14-15-28-27-8-4-5-9-29(27)37(30(28)18-26)31-20-39-17-16-34(31)43-35-32(37)21-42-22-33(35)42/h1-18,33,38-39H,19-22H2. The molecule has 9 rings (SSSR count). The fourth-order valence-electron chi connectivity index (χ4n) is 7.57. The summed E-state index contributed by atoms with van der Waals surface area (Å²) in [6, 6.07) is 34.7. The number of hydrogen-bond acceptors (Lipinski definition) is 5. The van der Waals surface area contributed by atoms with Crippen molar-refractivity contribution in [2.24, 2.45) is 10.1 Å². The van der Waals surface area contributed by atoms with Crippen LogP contribution in [-0.2, 0) is 16.7 Å². The van der Waals surface area contributed by atoms with E-state index in [0.29, 0.717) is 18.4 Å². The second-order valence-electron chi connectivity index (χ2n) is 11.8. The summed E-state index contributed by atoms with van der Waals surface area (Å²) in [5, 5.41) is 7.16. The maximum absolute atomic E-state index is 7.59. The highest BCUT2D eigenvalue weighted by Crippen LogP contribution is 2.63. The quantitative estimate of drug-likeness (QED) is 0.123. The molecule has 2 N–H and O–H groups in total. The lowest BCUT2D eigenvalue weighted by Gasteiger charge is -2.42. The third-order valence-corrected chi connectivity index (χ3v) is 9.61. The van der Waals surface area contributed by atoms with Gasteiger partial charge in [-0.2, -0.15) is 0 Å². The Morgan fingerprint density at radius 1 is 0.884 bits per heavy atom. The molecule has 4 aromatic carbocycles. The number of nitrogens with zero attached hydrogens (tertiary/aromatic N) is 3. The van der Waals surface area contributed by atoms with E-state index >= 15 is 0 Å². The van der Waals surface area contributed by atoms with Crippen LogP contribution >= 0.6 is 0 Å². The number of allylic oxidation sites excluding steroid dienone is 1. The smallest absolute Gasteiger partial charge is 0.176 e. The summed E-state index contributed by atoms with van der Waals surface area (Å²) in [6.45, 7) is 3.27. The number of aliphatic imine (C=N–C) groups is 1. The van der Waals surface area contributed by atoms with Crippen LogP contribution in [0.4, 0.5) is 0 Å². The van der Waals surface area contributed by atoms with Crippen LogP contribution in [0.1, 0.15) is 22.3 Å². The molecule has 3 atom stereocenters. The first-order valence-corrected chi connectivity index (χ1v) is 14.9. The van der Waals surface area contributed by atoms with Crippen molar-refractivity contribution in [2.75, 3.05) is 19.6 Å². The van der Waals surface area contributed by atoms with Gasteiger partial charge in [-0.3, -0.25) is 9.89 Å². The molecule has 0 radical (unpaired) electrons. The first-order valence-electron chi connectivity index (χ1n) is 14.9. The van der Waals surface area contributed by atoms with Crippen molar-refractivity contribution in [1.82, 2.24) is 10.2 Å².